The highest BCUT2D eigenvalue weighted by molar-refractivity contribution is 7.89. The molecule has 27 heavy (non-hydrogen) atoms. The van der Waals surface area contributed by atoms with Crippen LogP contribution in [0.15, 0.2) is 29.2 Å². The molecule has 0 radical (unpaired) electrons. The minimum Gasteiger partial charge on any atom is -0.382 e. The number of carbonyl (C=O) groups is 1. The third-order valence-electron chi connectivity index (χ3n) is 3.27. The lowest BCUT2D eigenvalue weighted by atomic mass is 10.3. The van der Waals surface area contributed by atoms with Crippen molar-refractivity contribution in [2.24, 2.45) is 0 Å². The van der Waals surface area contributed by atoms with Crippen LogP contribution < -0.4 is 5.32 Å². The molecule has 1 N–H and O–H groups in total. The van der Waals surface area contributed by atoms with Crippen LogP contribution in [0.4, 0.5) is 5.69 Å². The second kappa shape index (κ2) is 12.8. The van der Waals surface area contributed by atoms with Crippen molar-refractivity contribution in [2.45, 2.75) is 18.7 Å². The van der Waals surface area contributed by atoms with Crippen molar-refractivity contribution in [3.05, 3.63) is 24.3 Å². The third-order valence-corrected chi connectivity index (χ3v) is 5.03. The molecule has 1 aromatic carbocycles. The molecule has 0 fully saturated rings. The summed E-state index contributed by atoms with van der Waals surface area (Å²) in [7, 11) is -2.20. The topological polar surface area (TPSA) is 103 Å². The van der Waals surface area contributed by atoms with Gasteiger partial charge in [0.2, 0.25) is 5.91 Å². The number of hydrogen-bond donors (Lipinski definition) is 1. The van der Waals surface area contributed by atoms with Gasteiger partial charge in [0.05, 0.1) is 44.5 Å². The van der Waals surface area contributed by atoms with Crippen LogP contribution in [-0.2, 0) is 33.9 Å². The number of anilines is 1. The number of methoxy groups -OCH3 is 1. The van der Waals surface area contributed by atoms with Crippen LogP contribution in [0.2, 0.25) is 0 Å². The van der Waals surface area contributed by atoms with E-state index in [0.29, 0.717) is 32.1 Å². The Morgan fingerprint density at radius 3 is 2.07 bits per heavy atom. The molecule has 0 heterocycles. The van der Waals surface area contributed by atoms with Crippen molar-refractivity contribution in [2.75, 3.05) is 58.6 Å². The minimum absolute atomic E-state index is 0.0749. The molecular formula is C17H28N2O7S. The molecule has 9 nitrogen and oxygen atoms in total. The summed E-state index contributed by atoms with van der Waals surface area (Å²) in [6.45, 7) is 5.37. The van der Waals surface area contributed by atoms with Gasteiger partial charge in [0.25, 0.3) is 10.0 Å². The maximum Gasteiger partial charge on any atom is 0.264 e. The van der Waals surface area contributed by atoms with E-state index in [1.165, 1.54) is 31.2 Å². The lowest BCUT2D eigenvalue weighted by Gasteiger charge is -2.20. The fourth-order valence-corrected chi connectivity index (χ4v) is 3.29. The Kier molecular flexibility index (Phi) is 11.1. The van der Waals surface area contributed by atoms with E-state index in [4.69, 9.17) is 19.0 Å². The predicted octanol–water partition coefficient (Wildman–Crippen LogP) is 1.27. The average molecular weight is 404 g/mol. The van der Waals surface area contributed by atoms with E-state index in [1.807, 2.05) is 0 Å². The lowest BCUT2D eigenvalue weighted by Crippen LogP contribution is -2.32. The number of hydroxylamine groups is 1. The summed E-state index contributed by atoms with van der Waals surface area (Å²) in [5, 5.41) is 2.58. The van der Waals surface area contributed by atoms with E-state index in [1.54, 1.807) is 14.0 Å². The summed E-state index contributed by atoms with van der Waals surface area (Å²) in [6, 6.07) is 5.88. The van der Waals surface area contributed by atoms with E-state index in [9.17, 15) is 13.2 Å². The van der Waals surface area contributed by atoms with E-state index in [2.05, 4.69) is 5.32 Å². The molecule has 1 amide bonds. The first-order chi connectivity index (χ1) is 12.9. The first kappa shape index (κ1) is 23.5. The molecule has 154 valence electrons. The van der Waals surface area contributed by atoms with Gasteiger partial charge in [-0.05, 0) is 31.2 Å². The van der Waals surface area contributed by atoms with E-state index >= 15 is 0 Å². The summed E-state index contributed by atoms with van der Waals surface area (Å²) in [4.78, 5) is 16.4. The Labute approximate surface area is 160 Å². The van der Waals surface area contributed by atoms with E-state index in [0.717, 1.165) is 4.47 Å². The maximum absolute atomic E-state index is 12.6. The van der Waals surface area contributed by atoms with Gasteiger partial charge in [-0.1, -0.05) is 4.47 Å². The van der Waals surface area contributed by atoms with Crippen LogP contribution in [0.3, 0.4) is 0 Å². The predicted molar refractivity (Wildman–Crippen MR) is 99.8 cm³/mol. The second-order valence-electron chi connectivity index (χ2n) is 5.38. The fraction of sp³-hybridized carbons (Fsp3) is 0.588. The van der Waals surface area contributed by atoms with Gasteiger partial charge in [-0.25, -0.2) is 8.42 Å². The summed E-state index contributed by atoms with van der Waals surface area (Å²) in [5.74, 6) is -0.228. The number of hydrogen-bond acceptors (Lipinski definition) is 7. The largest absolute Gasteiger partial charge is 0.382 e. The molecule has 0 saturated heterocycles. The second-order valence-corrected chi connectivity index (χ2v) is 7.21. The molecule has 0 unspecified atom stereocenters. The standard InChI is InChI=1S/C17H28N2O7S/c1-4-19(26-14-13-25-12-11-24-10-9-23-3)27(21,22)17-7-5-16(6-8-17)18-15(2)20/h5-8H,4,9-14H2,1-3H3,(H,18,20). The quantitative estimate of drug-likeness (QED) is 0.368. The average Bonchev–Trinajstić information content (AvgIpc) is 2.63. The number of rotatable bonds is 14. The fourth-order valence-electron chi connectivity index (χ4n) is 2.02. The monoisotopic (exact) mass is 404 g/mol. The molecule has 0 saturated carbocycles. The smallest absolute Gasteiger partial charge is 0.264 e. The zero-order valence-electron chi connectivity index (χ0n) is 16.0. The molecule has 0 aliphatic heterocycles. The highest BCUT2D eigenvalue weighted by Gasteiger charge is 2.24. The van der Waals surface area contributed by atoms with Gasteiger partial charge >= 0.3 is 0 Å². The zero-order chi connectivity index (χ0) is 20.1. The molecule has 0 spiro atoms. The molecule has 1 rings (SSSR count). The van der Waals surface area contributed by atoms with Crippen LogP contribution in [0.5, 0.6) is 0 Å². The maximum atomic E-state index is 12.6. The van der Waals surface area contributed by atoms with Crippen molar-refractivity contribution in [3.8, 4) is 0 Å². The molecule has 0 aliphatic carbocycles. The van der Waals surface area contributed by atoms with Crippen LogP contribution in [0.1, 0.15) is 13.8 Å². The first-order valence-corrected chi connectivity index (χ1v) is 10.0. The Hall–Kier alpha value is -1.56. The Balaban J connectivity index is 2.43. The SMILES string of the molecule is CCN(OCCOCCOCCOC)S(=O)(=O)c1ccc(NC(C)=O)cc1. The molecule has 1 aromatic rings. The number of sulfonamides is 1. The molecular weight excluding hydrogens is 376 g/mol. The summed E-state index contributed by atoms with van der Waals surface area (Å²) >= 11 is 0. The van der Waals surface area contributed by atoms with Crippen LogP contribution in [-0.4, -0.2) is 72.1 Å². The molecule has 0 atom stereocenters. The van der Waals surface area contributed by atoms with Gasteiger partial charge in [-0.15, -0.1) is 0 Å². The van der Waals surface area contributed by atoms with E-state index in [-0.39, 0.29) is 30.6 Å². The normalized spacial score (nSPS) is 11.7. The number of benzene rings is 1. The van der Waals surface area contributed by atoms with Crippen LogP contribution in [0.25, 0.3) is 0 Å². The van der Waals surface area contributed by atoms with Crippen molar-refractivity contribution >= 4 is 21.6 Å². The van der Waals surface area contributed by atoms with Gasteiger partial charge in [0.1, 0.15) is 0 Å². The number of carbonyl (C=O) groups excluding carboxylic acids is 1. The Morgan fingerprint density at radius 1 is 1.00 bits per heavy atom. The Bertz CT molecular complexity index is 650. The summed E-state index contributed by atoms with van der Waals surface area (Å²) in [6.07, 6.45) is 0. The van der Waals surface area contributed by atoms with E-state index < -0.39 is 10.0 Å². The molecule has 0 aliphatic rings. The van der Waals surface area contributed by atoms with Gasteiger partial charge in [0, 0.05) is 26.3 Å². The summed E-state index contributed by atoms with van der Waals surface area (Å²) in [5.41, 5.74) is 0.520. The lowest BCUT2D eigenvalue weighted by molar-refractivity contribution is -0.114. The number of nitrogens with zero attached hydrogens (tertiary/aromatic N) is 1. The van der Waals surface area contributed by atoms with Crippen molar-refractivity contribution < 1.29 is 32.3 Å². The van der Waals surface area contributed by atoms with Gasteiger partial charge in [-0.2, -0.15) is 0 Å². The third kappa shape index (κ3) is 8.78. The zero-order valence-corrected chi connectivity index (χ0v) is 16.8. The number of amides is 1. The first-order valence-electron chi connectivity index (χ1n) is 8.59. The minimum atomic E-state index is -3.80. The van der Waals surface area contributed by atoms with Crippen LogP contribution >= 0.6 is 0 Å². The van der Waals surface area contributed by atoms with Crippen molar-refractivity contribution in [3.63, 3.8) is 0 Å². The van der Waals surface area contributed by atoms with Crippen molar-refractivity contribution in [1.82, 2.24) is 4.47 Å². The number of ether oxygens (including phenoxy) is 3. The van der Waals surface area contributed by atoms with Gasteiger partial charge < -0.3 is 19.5 Å². The number of nitrogens with one attached hydrogen (secondary N) is 1. The van der Waals surface area contributed by atoms with Gasteiger partial charge in [0.15, 0.2) is 0 Å². The van der Waals surface area contributed by atoms with Gasteiger partial charge in [-0.3, -0.25) is 9.63 Å². The molecule has 0 aromatic heterocycles. The summed E-state index contributed by atoms with van der Waals surface area (Å²) < 4.78 is 41.5. The highest BCUT2D eigenvalue weighted by Crippen LogP contribution is 2.18. The Morgan fingerprint density at radius 2 is 1.56 bits per heavy atom. The molecule has 0 bridgehead atoms. The highest BCUT2D eigenvalue weighted by atomic mass is 32.2. The van der Waals surface area contributed by atoms with Crippen molar-refractivity contribution in [1.29, 1.82) is 0 Å². The van der Waals surface area contributed by atoms with Crippen LogP contribution in [0, 0.1) is 0 Å². The molecule has 10 heteroatoms.